The largest absolute Gasteiger partial charge is 0.314 e. The number of nitrogens with one attached hydrogen (secondary N) is 1. The Morgan fingerprint density at radius 2 is 1.95 bits per heavy atom. The van der Waals surface area contributed by atoms with Crippen LogP contribution in [-0.2, 0) is 6.54 Å². The van der Waals surface area contributed by atoms with Crippen molar-refractivity contribution in [1.82, 2.24) is 10.2 Å². The van der Waals surface area contributed by atoms with Crippen LogP contribution in [0.5, 0.6) is 0 Å². The highest BCUT2D eigenvalue weighted by Gasteiger charge is 2.25. The third-order valence-corrected chi connectivity index (χ3v) is 4.43. The van der Waals surface area contributed by atoms with E-state index in [1.165, 1.54) is 11.1 Å². The SMILES string of the molecule is N#Cc1ccc(CN2CCNCC2c2ccccc2Cl)cc1. The van der Waals surface area contributed by atoms with Crippen molar-refractivity contribution in [2.45, 2.75) is 12.6 Å². The van der Waals surface area contributed by atoms with E-state index in [0.717, 1.165) is 31.2 Å². The van der Waals surface area contributed by atoms with E-state index in [1.54, 1.807) is 0 Å². The minimum atomic E-state index is 0.276. The Bertz CT molecular complexity index is 675. The second-order valence-corrected chi connectivity index (χ2v) is 5.93. The summed E-state index contributed by atoms with van der Waals surface area (Å²) in [6.45, 7) is 3.73. The molecule has 0 spiro atoms. The first kappa shape index (κ1) is 15.1. The molecule has 1 aliphatic heterocycles. The van der Waals surface area contributed by atoms with E-state index in [4.69, 9.17) is 16.9 Å². The quantitative estimate of drug-likeness (QED) is 0.944. The van der Waals surface area contributed by atoms with E-state index < -0.39 is 0 Å². The average Bonchev–Trinajstić information content (AvgIpc) is 2.57. The van der Waals surface area contributed by atoms with E-state index in [-0.39, 0.29) is 6.04 Å². The zero-order valence-corrected chi connectivity index (χ0v) is 13.1. The third kappa shape index (κ3) is 3.31. The van der Waals surface area contributed by atoms with E-state index in [0.29, 0.717) is 5.56 Å². The van der Waals surface area contributed by atoms with Crippen LogP contribution in [0.4, 0.5) is 0 Å². The van der Waals surface area contributed by atoms with Crippen molar-refractivity contribution in [2.75, 3.05) is 19.6 Å². The summed E-state index contributed by atoms with van der Waals surface area (Å²) in [6, 6.07) is 18.3. The Hall–Kier alpha value is -1.86. The van der Waals surface area contributed by atoms with Crippen LogP contribution in [0, 0.1) is 11.3 Å². The molecule has 22 heavy (non-hydrogen) atoms. The van der Waals surface area contributed by atoms with E-state index in [1.807, 2.05) is 42.5 Å². The van der Waals surface area contributed by atoms with Crippen LogP contribution in [-0.4, -0.2) is 24.5 Å². The molecule has 1 heterocycles. The maximum absolute atomic E-state index is 8.89. The van der Waals surface area contributed by atoms with Gasteiger partial charge in [0.2, 0.25) is 0 Å². The molecule has 3 rings (SSSR count). The summed E-state index contributed by atoms with van der Waals surface area (Å²) in [7, 11) is 0. The molecule has 0 amide bonds. The highest BCUT2D eigenvalue weighted by Crippen LogP contribution is 2.29. The van der Waals surface area contributed by atoms with Crippen molar-refractivity contribution in [3.05, 3.63) is 70.2 Å². The Balaban J connectivity index is 1.80. The van der Waals surface area contributed by atoms with Gasteiger partial charge in [0.1, 0.15) is 0 Å². The molecule has 1 fully saturated rings. The van der Waals surface area contributed by atoms with Gasteiger partial charge in [-0.15, -0.1) is 0 Å². The number of hydrogen-bond donors (Lipinski definition) is 1. The Labute approximate surface area is 136 Å². The first-order chi connectivity index (χ1) is 10.8. The molecule has 3 nitrogen and oxygen atoms in total. The predicted octanol–water partition coefficient (Wildman–Crippen LogP) is 3.36. The molecule has 1 N–H and O–H groups in total. The molecule has 1 atom stereocenters. The molecule has 4 heteroatoms. The lowest BCUT2D eigenvalue weighted by Crippen LogP contribution is -2.45. The predicted molar refractivity (Wildman–Crippen MR) is 88.6 cm³/mol. The van der Waals surface area contributed by atoms with Gasteiger partial charge >= 0.3 is 0 Å². The standard InChI is InChI=1S/C18H18ClN3/c19-17-4-2-1-3-16(17)18-12-21-9-10-22(18)13-15-7-5-14(11-20)6-8-15/h1-8,18,21H,9-10,12-13H2. The van der Waals surface area contributed by atoms with Crippen LogP contribution in [0.3, 0.4) is 0 Å². The van der Waals surface area contributed by atoms with Crippen molar-refractivity contribution >= 4 is 11.6 Å². The van der Waals surface area contributed by atoms with Crippen LogP contribution in [0.25, 0.3) is 0 Å². The molecule has 1 saturated heterocycles. The minimum absolute atomic E-state index is 0.276. The van der Waals surface area contributed by atoms with Crippen molar-refractivity contribution in [3.8, 4) is 6.07 Å². The second kappa shape index (κ2) is 6.93. The lowest BCUT2D eigenvalue weighted by Gasteiger charge is -2.37. The summed E-state index contributed by atoms with van der Waals surface area (Å²) in [5.41, 5.74) is 3.09. The molecule has 0 bridgehead atoms. The first-order valence-corrected chi connectivity index (χ1v) is 7.84. The van der Waals surface area contributed by atoms with Gasteiger partial charge in [0, 0.05) is 37.2 Å². The van der Waals surface area contributed by atoms with Gasteiger partial charge in [-0.2, -0.15) is 5.26 Å². The fourth-order valence-electron chi connectivity index (χ4n) is 2.91. The maximum atomic E-state index is 8.89. The van der Waals surface area contributed by atoms with E-state index >= 15 is 0 Å². The summed E-state index contributed by atoms with van der Waals surface area (Å²) in [5, 5.41) is 13.2. The van der Waals surface area contributed by atoms with Gasteiger partial charge in [0.05, 0.1) is 11.6 Å². The number of rotatable bonds is 3. The second-order valence-electron chi connectivity index (χ2n) is 5.52. The Kier molecular flexibility index (Phi) is 4.74. The fraction of sp³-hybridized carbons (Fsp3) is 0.278. The summed E-state index contributed by atoms with van der Waals surface area (Å²) in [6.07, 6.45) is 0. The number of nitrogens with zero attached hydrogens (tertiary/aromatic N) is 2. The molecule has 2 aromatic carbocycles. The van der Waals surface area contributed by atoms with Crippen LogP contribution >= 0.6 is 11.6 Å². The van der Waals surface area contributed by atoms with Crippen molar-refractivity contribution < 1.29 is 0 Å². The highest BCUT2D eigenvalue weighted by molar-refractivity contribution is 6.31. The molecule has 1 aliphatic rings. The first-order valence-electron chi connectivity index (χ1n) is 7.46. The average molecular weight is 312 g/mol. The summed E-state index contributed by atoms with van der Waals surface area (Å²) < 4.78 is 0. The summed E-state index contributed by atoms with van der Waals surface area (Å²) in [4.78, 5) is 2.44. The Morgan fingerprint density at radius 1 is 1.18 bits per heavy atom. The lowest BCUT2D eigenvalue weighted by molar-refractivity contribution is 0.154. The molecule has 1 unspecified atom stereocenters. The maximum Gasteiger partial charge on any atom is 0.0991 e. The minimum Gasteiger partial charge on any atom is -0.314 e. The van der Waals surface area contributed by atoms with Crippen LogP contribution in [0.2, 0.25) is 5.02 Å². The molecule has 112 valence electrons. The van der Waals surface area contributed by atoms with Gasteiger partial charge in [-0.25, -0.2) is 0 Å². The zero-order chi connectivity index (χ0) is 15.4. The van der Waals surface area contributed by atoms with Crippen molar-refractivity contribution in [1.29, 1.82) is 5.26 Å². The number of nitriles is 1. The van der Waals surface area contributed by atoms with Crippen molar-refractivity contribution in [3.63, 3.8) is 0 Å². The van der Waals surface area contributed by atoms with E-state index in [2.05, 4.69) is 22.4 Å². The molecular formula is C18H18ClN3. The smallest absolute Gasteiger partial charge is 0.0991 e. The molecule has 0 radical (unpaired) electrons. The van der Waals surface area contributed by atoms with Gasteiger partial charge in [0.25, 0.3) is 0 Å². The fourth-order valence-corrected chi connectivity index (χ4v) is 3.17. The molecular weight excluding hydrogens is 294 g/mol. The molecule has 0 aromatic heterocycles. The third-order valence-electron chi connectivity index (χ3n) is 4.09. The van der Waals surface area contributed by atoms with Crippen LogP contribution in [0.15, 0.2) is 48.5 Å². The van der Waals surface area contributed by atoms with Crippen molar-refractivity contribution in [2.24, 2.45) is 0 Å². The van der Waals surface area contributed by atoms with E-state index in [9.17, 15) is 0 Å². The summed E-state index contributed by atoms with van der Waals surface area (Å²) >= 11 is 6.37. The monoisotopic (exact) mass is 311 g/mol. The Morgan fingerprint density at radius 3 is 2.68 bits per heavy atom. The van der Waals surface area contributed by atoms with Gasteiger partial charge in [0.15, 0.2) is 0 Å². The van der Waals surface area contributed by atoms with Gasteiger partial charge in [-0.1, -0.05) is 41.9 Å². The topological polar surface area (TPSA) is 39.1 Å². The number of piperazine rings is 1. The van der Waals surface area contributed by atoms with Crippen LogP contribution in [0.1, 0.15) is 22.7 Å². The van der Waals surface area contributed by atoms with Crippen LogP contribution < -0.4 is 5.32 Å². The van der Waals surface area contributed by atoms with Gasteiger partial charge in [-0.05, 0) is 29.3 Å². The van der Waals surface area contributed by atoms with Gasteiger partial charge < -0.3 is 5.32 Å². The molecule has 0 aliphatic carbocycles. The summed E-state index contributed by atoms with van der Waals surface area (Å²) in [5.74, 6) is 0. The molecule has 0 saturated carbocycles. The molecule has 2 aromatic rings. The lowest BCUT2D eigenvalue weighted by atomic mass is 10.0. The number of halogens is 1. The highest BCUT2D eigenvalue weighted by atomic mass is 35.5. The normalized spacial score (nSPS) is 18.8. The number of hydrogen-bond acceptors (Lipinski definition) is 3. The van der Waals surface area contributed by atoms with Gasteiger partial charge in [-0.3, -0.25) is 4.90 Å². The zero-order valence-electron chi connectivity index (χ0n) is 12.3. The number of benzene rings is 2.